The maximum Gasteiger partial charge on any atom is 0.264 e. The minimum absolute atomic E-state index is 0.182. The van der Waals surface area contributed by atoms with Crippen molar-refractivity contribution in [1.82, 2.24) is 4.31 Å². The van der Waals surface area contributed by atoms with Crippen LogP contribution >= 0.6 is 0 Å². The lowest BCUT2D eigenvalue weighted by Crippen LogP contribution is -2.52. The first-order chi connectivity index (χ1) is 11.4. The number of nitrogens with zero attached hydrogens (tertiary/aromatic N) is 1. The van der Waals surface area contributed by atoms with Crippen LogP contribution in [0.2, 0.25) is 0 Å². The summed E-state index contributed by atoms with van der Waals surface area (Å²) in [6.45, 7) is 5.70. The van der Waals surface area contributed by atoms with Crippen molar-refractivity contribution in [3.8, 4) is 0 Å². The SMILES string of the molecule is C=CCC1CCC=C(C2(O)CCC2)N1S(=O)(=O)c1ccc(C)cc1. The molecule has 3 rings (SSSR count). The number of allylic oxidation sites excluding steroid dienone is 1. The molecule has 0 aromatic heterocycles. The van der Waals surface area contributed by atoms with Crippen molar-refractivity contribution in [3.63, 3.8) is 0 Å². The van der Waals surface area contributed by atoms with Crippen LogP contribution in [0.15, 0.2) is 53.6 Å². The van der Waals surface area contributed by atoms with Crippen molar-refractivity contribution in [2.24, 2.45) is 0 Å². The Morgan fingerprint density at radius 3 is 2.54 bits per heavy atom. The molecule has 4 nitrogen and oxygen atoms in total. The summed E-state index contributed by atoms with van der Waals surface area (Å²) < 4.78 is 28.1. The predicted molar refractivity (Wildman–Crippen MR) is 94.9 cm³/mol. The predicted octanol–water partition coefficient (Wildman–Crippen LogP) is 3.52. The minimum Gasteiger partial charge on any atom is -0.384 e. The first-order valence-corrected chi connectivity index (χ1v) is 9.97. The second-order valence-corrected chi connectivity index (χ2v) is 8.66. The van der Waals surface area contributed by atoms with Crippen LogP contribution in [0.25, 0.3) is 0 Å². The number of benzene rings is 1. The minimum atomic E-state index is -3.70. The zero-order valence-electron chi connectivity index (χ0n) is 14.1. The number of hydrogen-bond donors (Lipinski definition) is 1. The Kier molecular flexibility index (Phi) is 4.58. The van der Waals surface area contributed by atoms with Crippen LogP contribution in [0.5, 0.6) is 0 Å². The maximum atomic E-state index is 13.3. The molecule has 1 aromatic rings. The summed E-state index contributed by atoms with van der Waals surface area (Å²) in [5, 5.41) is 10.8. The third kappa shape index (κ3) is 2.91. The van der Waals surface area contributed by atoms with E-state index in [4.69, 9.17) is 0 Å². The van der Waals surface area contributed by atoms with Gasteiger partial charge < -0.3 is 5.11 Å². The van der Waals surface area contributed by atoms with E-state index in [0.29, 0.717) is 25.0 Å². The van der Waals surface area contributed by atoms with E-state index in [0.717, 1.165) is 24.8 Å². The van der Waals surface area contributed by atoms with Crippen molar-refractivity contribution in [2.45, 2.75) is 62.0 Å². The summed E-state index contributed by atoms with van der Waals surface area (Å²) in [6, 6.07) is 6.72. The van der Waals surface area contributed by atoms with Gasteiger partial charge in [-0.05, 0) is 57.6 Å². The van der Waals surface area contributed by atoms with Gasteiger partial charge in [0.15, 0.2) is 0 Å². The van der Waals surface area contributed by atoms with E-state index in [1.807, 2.05) is 13.0 Å². The normalized spacial score (nSPS) is 23.3. The topological polar surface area (TPSA) is 57.6 Å². The fraction of sp³-hybridized carbons (Fsp3) is 0.474. The molecule has 0 radical (unpaired) electrons. The molecule has 1 fully saturated rings. The van der Waals surface area contributed by atoms with Crippen molar-refractivity contribution >= 4 is 10.0 Å². The van der Waals surface area contributed by atoms with Gasteiger partial charge in [-0.3, -0.25) is 4.31 Å². The highest BCUT2D eigenvalue weighted by atomic mass is 32.2. The first-order valence-electron chi connectivity index (χ1n) is 8.53. The van der Waals surface area contributed by atoms with Gasteiger partial charge in [0.1, 0.15) is 5.60 Å². The Bertz CT molecular complexity index is 745. The van der Waals surface area contributed by atoms with E-state index in [1.54, 1.807) is 30.3 Å². The summed E-state index contributed by atoms with van der Waals surface area (Å²) in [5.41, 5.74) is 0.577. The fourth-order valence-corrected chi connectivity index (χ4v) is 5.33. The van der Waals surface area contributed by atoms with Gasteiger partial charge in [-0.25, -0.2) is 8.42 Å². The van der Waals surface area contributed by atoms with Gasteiger partial charge in [0.25, 0.3) is 10.0 Å². The fourth-order valence-electron chi connectivity index (χ4n) is 3.53. The lowest BCUT2D eigenvalue weighted by Gasteiger charge is -2.47. The lowest BCUT2D eigenvalue weighted by molar-refractivity contribution is -0.0186. The van der Waals surface area contributed by atoms with E-state index in [-0.39, 0.29) is 10.9 Å². The maximum absolute atomic E-state index is 13.3. The van der Waals surface area contributed by atoms with Crippen molar-refractivity contribution in [3.05, 3.63) is 54.3 Å². The molecule has 0 spiro atoms. The molecule has 1 aliphatic heterocycles. The highest BCUT2D eigenvalue weighted by molar-refractivity contribution is 7.89. The van der Waals surface area contributed by atoms with Crippen LogP contribution < -0.4 is 0 Å². The third-order valence-electron chi connectivity index (χ3n) is 5.08. The molecule has 1 atom stereocenters. The van der Waals surface area contributed by atoms with E-state index >= 15 is 0 Å². The molecule has 1 aromatic carbocycles. The number of rotatable bonds is 5. The van der Waals surface area contributed by atoms with Crippen LogP contribution in [0.1, 0.15) is 44.1 Å². The molecule has 130 valence electrons. The molecule has 0 bridgehead atoms. The van der Waals surface area contributed by atoms with Crippen LogP contribution in [-0.2, 0) is 10.0 Å². The van der Waals surface area contributed by atoms with Gasteiger partial charge in [-0.15, -0.1) is 6.58 Å². The Balaban J connectivity index is 2.06. The van der Waals surface area contributed by atoms with Crippen LogP contribution in [0, 0.1) is 6.92 Å². The standard InChI is InChI=1S/C19H25NO3S/c1-3-6-16-7-4-8-18(19(21)13-5-14-19)20(16)24(22,23)17-11-9-15(2)10-12-17/h3,8-12,16,21H,1,4-7,13-14H2,2H3. The zero-order valence-corrected chi connectivity index (χ0v) is 14.9. The molecular weight excluding hydrogens is 322 g/mol. The van der Waals surface area contributed by atoms with E-state index < -0.39 is 15.6 Å². The molecule has 0 amide bonds. The number of aliphatic hydroxyl groups is 1. The van der Waals surface area contributed by atoms with Crippen LogP contribution in [0.4, 0.5) is 0 Å². The summed E-state index contributed by atoms with van der Waals surface area (Å²) in [5.74, 6) is 0. The van der Waals surface area contributed by atoms with Gasteiger partial charge in [0.2, 0.25) is 0 Å². The average molecular weight is 347 g/mol. The van der Waals surface area contributed by atoms with Crippen molar-refractivity contribution < 1.29 is 13.5 Å². The van der Waals surface area contributed by atoms with E-state index in [2.05, 4.69) is 6.58 Å². The number of sulfonamides is 1. The van der Waals surface area contributed by atoms with Gasteiger partial charge in [0, 0.05) is 6.04 Å². The van der Waals surface area contributed by atoms with Crippen LogP contribution in [-0.4, -0.2) is 29.5 Å². The quantitative estimate of drug-likeness (QED) is 0.829. The molecule has 5 heteroatoms. The second kappa shape index (κ2) is 6.37. The van der Waals surface area contributed by atoms with Gasteiger partial charge >= 0.3 is 0 Å². The third-order valence-corrected chi connectivity index (χ3v) is 6.96. The Morgan fingerprint density at radius 2 is 2.00 bits per heavy atom. The zero-order chi connectivity index (χ0) is 17.4. The van der Waals surface area contributed by atoms with Gasteiger partial charge in [0.05, 0.1) is 10.6 Å². The second-order valence-electron chi connectivity index (χ2n) is 6.84. The van der Waals surface area contributed by atoms with Crippen LogP contribution in [0.3, 0.4) is 0 Å². The van der Waals surface area contributed by atoms with Crippen molar-refractivity contribution in [1.29, 1.82) is 0 Å². The Labute approximate surface area is 144 Å². The molecule has 1 saturated carbocycles. The molecule has 1 aliphatic carbocycles. The Hall–Kier alpha value is -1.59. The van der Waals surface area contributed by atoms with Gasteiger partial charge in [-0.1, -0.05) is 29.8 Å². The molecule has 1 heterocycles. The summed E-state index contributed by atoms with van der Waals surface area (Å²) in [7, 11) is -3.70. The van der Waals surface area contributed by atoms with Crippen molar-refractivity contribution in [2.75, 3.05) is 0 Å². The number of aryl methyl sites for hydroxylation is 1. The Morgan fingerprint density at radius 1 is 1.33 bits per heavy atom. The van der Waals surface area contributed by atoms with Gasteiger partial charge in [-0.2, -0.15) is 0 Å². The smallest absolute Gasteiger partial charge is 0.264 e. The summed E-state index contributed by atoms with van der Waals surface area (Å²) in [4.78, 5) is 0.276. The molecular formula is C19H25NO3S. The molecule has 1 N–H and O–H groups in total. The number of hydrogen-bond acceptors (Lipinski definition) is 3. The lowest BCUT2D eigenvalue weighted by atomic mass is 9.76. The molecule has 0 saturated heterocycles. The molecule has 1 unspecified atom stereocenters. The van der Waals surface area contributed by atoms with E-state index in [1.165, 1.54) is 4.31 Å². The first kappa shape index (κ1) is 17.2. The molecule has 2 aliphatic rings. The highest BCUT2D eigenvalue weighted by Gasteiger charge is 2.47. The monoisotopic (exact) mass is 347 g/mol. The van der Waals surface area contributed by atoms with E-state index in [9.17, 15) is 13.5 Å². The molecule has 24 heavy (non-hydrogen) atoms. The average Bonchev–Trinajstić information content (AvgIpc) is 2.53. The summed E-state index contributed by atoms with van der Waals surface area (Å²) >= 11 is 0. The largest absolute Gasteiger partial charge is 0.384 e. The summed E-state index contributed by atoms with van der Waals surface area (Å²) in [6.07, 6.45) is 7.96. The highest BCUT2D eigenvalue weighted by Crippen LogP contribution is 2.44.